The normalized spacial score (nSPS) is 25.9. The summed E-state index contributed by atoms with van der Waals surface area (Å²) in [6.07, 6.45) is 2.59. The van der Waals surface area contributed by atoms with Gasteiger partial charge in [0, 0.05) is 43.6 Å². The fraction of sp³-hybridized carbons (Fsp3) is 0.625. The SMILES string of the molecule is CN1CCCN(C2CCN(c3ccc(N)cc3)C2)CC1. The van der Waals surface area contributed by atoms with Crippen LogP contribution in [-0.4, -0.2) is 62.2 Å². The lowest BCUT2D eigenvalue weighted by Crippen LogP contribution is -2.39. The molecule has 0 amide bonds. The fourth-order valence-electron chi connectivity index (χ4n) is 3.39. The maximum atomic E-state index is 5.77. The molecule has 0 aromatic heterocycles. The molecule has 2 aliphatic heterocycles. The molecule has 0 bridgehead atoms. The van der Waals surface area contributed by atoms with E-state index in [9.17, 15) is 0 Å². The highest BCUT2D eigenvalue weighted by atomic mass is 15.3. The summed E-state index contributed by atoms with van der Waals surface area (Å²) in [5, 5.41) is 0. The number of rotatable bonds is 2. The van der Waals surface area contributed by atoms with E-state index in [1.165, 1.54) is 51.3 Å². The molecule has 1 atom stereocenters. The summed E-state index contributed by atoms with van der Waals surface area (Å²) in [6.45, 7) is 7.25. The number of nitrogens with zero attached hydrogens (tertiary/aromatic N) is 3. The first-order valence-corrected chi connectivity index (χ1v) is 7.75. The van der Waals surface area contributed by atoms with Gasteiger partial charge >= 0.3 is 0 Å². The van der Waals surface area contributed by atoms with Gasteiger partial charge in [-0.2, -0.15) is 0 Å². The molecule has 4 heteroatoms. The van der Waals surface area contributed by atoms with E-state index in [1.54, 1.807) is 0 Å². The Labute approximate surface area is 122 Å². The van der Waals surface area contributed by atoms with Gasteiger partial charge in [-0.1, -0.05) is 0 Å². The highest BCUT2D eigenvalue weighted by Crippen LogP contribution is 2.24. The van der Waals surface area contributed by atoms with Gasteiger partial charge in [-0.25, -0.2) is 0 Å². The van der Waals surface area contributed by atoms with Crippen molar-refractivity contribution in [3.63, 3.8) is 0 Å². The summed E-state index contributed by atoms with van der Waals surface area (Å²) in [5.41, 5.74) is 7.93. The van der Waals surface area contributed by atoms with Gasteiger partial charge in [0.1, 0.15) is 0 Å². The maximum Gasteiger partial charge on any atom is 0.0368 e. The van der Waals surface area contributed by atoms with Gasteiger partial charge in [0.2, 0.25) is 0 Å². The summed E-state index contributed by atoms with van der Waals surface area (Å²) >= 11 is 0. The van der Waals surface area contributed by atoms with Crippen LogP contribution in [0.3, 0.4) is 0 Å². The highest BCUT2D eigenvalue weighted by molar-refractivity contribution is 5.53. The predicted molar refractivity (Wildman–Crippen MR) is 85.2 cm³/mol. The maximum absolute atomic E-state index is 5.77. The lowest BCUT2D eigenvalue weighted by molar-refractivity contribution is 0.216. The lowest BCUT2D eigenvalue weighted by Gasteiger charge is -2.28. The highest BCUT2D eigenvalue weighted by Gasteiger charge is 2.28. The third-order valence-corrected chi connectivity index (χ3v) is 4.69. The minimum Gasteiger partial charge on any atom is -0.399 e. The van der Waals surface area contributed by atoms with E-state index in [0.717, 1.165) is 18.3 Å². The average molecular weight is 274 g/mol. The summed E-state index contributed by atoms with van der Waals surface area (Å²) in [5.74, 6) is 0. The molecule has 0 aliphatic carbocycles. The van der Waals surface area contributed by atoms with Gasteiger partial charge < -0.3 is 15.5 Å². The molecule has 2 aliphatic rings. The van der Waals surface area contributed by atoms with Crippen molar-refractivity contribution in [2.45, 2.75) is 18.9 Å². The molecule has 1 aromatic carbocycles. The Morgan fingerprint density at radius 3 is 2.60 bits per heavy atom. The smallest absolute Gasteiger partial charge is 0.0368 e. The number of nitrogen functional groups attached to an aromatic ring is 1. The first-order chi connectivity index (χ1) is 9.72. The van der Waals surface area contributed by atoms with Crippen LogP contribution in [0.1, 0.15) is 12.8 Å². The van der Waals surface area contributed by atoms with Crippen molar-refractivity contribution in [2.24, 2.45) is 0 Å². The Kier molecular flexibility index (Phi) is 4.13. The van der Waals surface area contributed by atoms with Crippen LogP contribution in [-0.2, 0) is 0 Å². The third-order valence-electron chi connectivity index (χ3n) is 4.69. The number of hydrogen-bond acceptors (Lipinski definition) is 4. The Morgan fingerprint density at radius 1 is 1.00 bits per heavy atom. The van der Waals surface area contributed by atoms with Gasteiger partial charge in [-0.3, -0.25) is 4.90 Å². The molecule has 2 saturated heterocycles. The first-order valence-electron chi connectivity index (χ1n) is 7.75. The summed E-state index contributed by atoms with van der Waals surface area (Å²) < 4.78 is 0. The van der Waals surface area contributed by atoms with Crippen molar-refractivity contribution >= 4 is 11.4 Å². The summed E-state index contributed by atoms with van der Waals surface area (Å²) in [6, 6.07) is 9.02. The molecule has 0 radical (unpaired) electrons. The van der Waals surface area contributed by atoms with E-state index in [0.29, 0.717) is 0 Å². The molecule has 0 saturated carbocycles. The number of nitrogens with two attached hydrogens (primary N) is 1. The topological polar surface area (TPSA) is 35.7 Å². The lowest BCUT2D eigenvalue weighted by atomic mass is 10.2. The monoisotopic (exact) mass is 274 g/mol. The molecule has 110 valence electrons. The molecule has 4 nitrogen and oxygen atoms in total. The molecule has 2 N–H and O–H groups in total. The minimum atomic E-state index is 0.721. The number of benzene rings is 1. The zero-order valence-corrected chi connectivity index (χ0v) is 12.5. The molecule has 1 aromatic rings. The van der Waals surface area contributed by atoms with Gasteiger partial charge in [0.25, 0.3) is 0 Å². The quantitative estimate of drug-likeness (QED) is 0.829. The molecule has 1 unspecified atom stereocenters. The number of likely N-dealkylation sites (N-methyl/N-ethyl adjacent to an activating group) is 1. The fourth-order valence-corrected chi connectivity index (χ4v) is 3.39. The van der Waals surface area contributed by atoms with Crippen LogP contribution in [0.25, 0.3) is 0 Å². The van der Waals surface area contributed by atoms with Crippen LogP contribution in [0.15, 0.2) is 24.3 Å². The summed E-state index contributed by atoms with van der Waals surface area (Å²) in [7, 11) is 2.23. The number of hydrogen-bond donors (Lipinski definition) is 1. The Balaban J connectivity index is 1.60. The molecule has 20 heavy (non-hydrogen) atoms. The zero-order chi connectivity index (χ0) is 13.9. The second-order valence-electron chi connectivity index (χ2n) is 6.17. The van der Waals surface area contributed by atoms with Crippen molar-refractivity contribution in [1.29, 1.82) is 0 Å². The average Bonchev–Trinajstić information content (AvgIpc) is 2.83. The van der Waals surface area contributed by atoms with E-state index >= 15 is 0 Å². The molecule has 0 spiro atoms. The third kappa shape index (κ3) is 3.07. The van der Waals surface area contributed by atoms with Crippen molar-refractivity contribution < 1.29 is 0 Å². The van der Waals surface area contributed by atoms with E-state index < -0.39 is 0 Å². The van der Waals surface area contributed by atoms with Crippen molar-refractivity contribution in [3.05, 3.63) is 24.3 Å². The van der Waals surface area contributed by atoms with Crippen LogP contribution < -0.4 is 10.6 Å². The van der Waals surface area contributed by atoms with Gasteiger partial charge in [-0.05, 0) is 57.2 Å². The Bertz CT molecular complexity index is 431. The van der Waals surface area contributed by atoms with E-state index in [-0.39, 0.29) is 0 Å². The van der Waals surface area contributed by atoms with Crippen LogP contribution in [0, 0.1) is 0 Å². The van der Waals surface area contributed by atoms with E-state index in [1.807, 2.05) is 12.1 Å². The molecule has 2 heterocycles. The van der Waals surface area contributed by atoms with Crippen molar-refractivity contribution in [2.75, 3.05) is 56.9 Å². The Morgan fingerprint density at radius 2 is 1.80 bits per heavy atom. The molecular formula is C16H26N4. The van der Waals surface area contributed by atoms with Gasteiger partial charge in [0.05, 0.1) is 0 Å². The van der Waals surface area contributed by atoms with E-state index in [2.05, 4.69) is 33.9 Å². The second-order valence-corrected chi connectivity index (χ2v) is 6.17. The van der Waals surface area contributed by atoms with Gasteiger partial charge in [0.15, 0.2) is 0 Å². The van der Waals surface area contributed by atoms with Crippen LogP contribution in [0.2, 0.25) is 0 Å². The van der Waals surface area contributed by atoms with Crippen LogP contribution in [0.5, 0.6) is 0 Å². The van der Waals surface area contributed by atoms with Crippen LogP contribution >= 0.6 is 0 Å². The zero-order valence-electron chi connectivity index (χ0n) is 12.5. The number of anilines is 2. The van der Waals surface area contributed by atoms with E-state index in [4.69, 9.17) is 5.73 Å². The summed E-state index contributed by atoms with van der Waals surface area (Å²) in [4.78, 5) is 7.65. The Hall–Kier alpha value is -1.26. The molecular weight excluding hydrogens is 248 g/mol. The molecule has 2 fully saturated rings. The predicted octanol–water partition coefficient (Wildman–Crippen LogP) is 1.48. The van der Waals surface area contributed by atoms with Gasteiger partial charge in [-0.15, -0.1) is 0 Å². The standard InChI is InChI=1S/C16H26N4/c1-18-8-2-9-19(12-11-18)16-7-10-20(13-16)15-5-3-14(17)4-6-15/h3-6,16H,2,7-13,17H2,1H3. The second kappa shape index (κ2) is 6.02. The van der Waals surface area contributed by atoms with Crippen LogP contribution in [0.4, 0.5) is 11.4 Å². The van der Waals surface area contributed by atoms with Crippen molar-refractivity contribution in [1.82, 2.24) is 9.80 Å². The molecule has 3 rings (SSSR count). The van der Waals surface area contributed by atoms with Crippen molar-refractivity contribution in [3.8, 4) is 0 Å². The first kappa shape index (κ1) is 13.7. The minimum absolute atomic E-state index is 0.721. The largest absolute Gasteiger partial charge is 0.399 e.